The zero-order chi connectivity index (χ0) is 22.7. The van der Waals surface area contributed by atoms with E-state index in [1.54, 1.807) is 12.1 Å². The largest absolute Gasteiger partial charge is 0.303 e. The molecule has 0 saturated carbocycles. The molecule has 1 unspecified atom stereocenters. The van der Waals surface area contributed by atoms with Crippen molar-refractivity contribution >= 4 is 40.0 Å². The molecule has 0 radical (unpaired) electrons. The molecule has 3 aromatic carbocycles. The topological polar surface area (TPSA) is 33.2 Å². The number of carbonyl (C=O) groups excluding carboxylic acids is 1. The summed E-state index contributed by atoms with van der Waals surface area (Å²) < 4.78 is 15.4. The quantitative estimate of drug-likeness (QED) is 0.206. The molecular formula is C26H22ClFN2OS. The number of benzene rings is 3. The van der Waals surface area contributed by atoms with Crippen LogP contribution in [-0.4, -0.2) is 11.3 Å². The first-order valence-corrected chi connectivity index (χ1v) is 11.5. The number of anilines is 2. The van der Waals surface area contributed by atoms with E-state index in [1.807, 2.05) is 74.5 Å². The standard InChI is InChI=1S/C26H22ClFN2OS/c1-17-3-7-20(8-4-17)24-25(21-9-11-22(27)12-10-21)32-26(29-24)30(28)23-13-5-19(6-14-23)15-18(2)16-31/h3-14,16,18H,15H2,1-2H3. The summed E-state index contributed by atoms with van der Waals surface area (Å²) in [6.07, 6.45) is 1.56. The Bertz CT molecular complexity index is 1140. The second-order valence-electron chi connectivity index (χ2n) is 7.81. The van der Waals surface area contributed by atoms with Crippen molar-refractivity contribution in [1.82, 2.24) is 4.98 Å². The fraction of sp³-hybridized carbons (Fsp3) is 0.154. The summed E-state index contributed by atoms with van der Waals surface area (Å²) >= 11 is 7.35. The summed E-state index contributed by atoms with van der Waals surface area (Å²) in [6, 6.07) is 22.6. The van der Waals surface area contributed by atoms with Crippen molar-refractivity contribution in [3.8, 4) is 21.7 Å². The van der Waals surface area contributed by atoms with E-state index in [1.165, 1.54) is 11.3 Å². The van der Waals surface area contributed by atoms with Crippen LogP contribution in [0.15, 0.2) is 72.8 Å². The zero-order valence-electron chi connectivity index (χ0n) is 17.8. The van der Waals surface area contributed by atoms with Gasteiger partial charge in [-0.3, -0.25) is 0 Å². The highest BCUT2D eigenvalue weighted by Gasteiger charge is 2.20. The van der Waals surface area contributed by atoms with Gasteiger partial charge in [0.2, 0.25) is 5.13 Å². The number of hydrogen-bond acceptors (Lipinski definition) is 4. The van der Waals surface area contributed by atoms with Crippen LogP contribution in [0.3, 0.4) is 0 Å². The number of halogens is 2. The molecule has 3 nitrogen and oxygen atoms in total. The van der Waals surface area contributed by atoms with E-state index in [0.29, 0.717) is 22.3 Å². The van der Waals surface area contributed by atoms with Gasteiger partial charge in [0.15, 0.2) is 0 Å². The van der Waals surface area contributed by atoms with Crippen molar-refractivity contribution in [3.63, 3.8) is 0 Å². The van der Waals surface area contributed by atoms with E-state index in [9.17, 15) is 4.79 Å². The highest BCUT2D eigenvalue weighted by Crippen LogP contribution is 2.42. The van der Waals surface area contributed by atoms with Gasteiger partial charge < -0.3 is 4.79 Å². The monoisotopic (exact) mass is 464 g/mol. The maximum atomic E-state index is 15.4. The van der Waals surface area contributed by atoms with Crippen molar-refractivity contribution in [1.29, 1.82) is 0 Å². The second kappa shape index (κ2) is 9.63. The van der Waals surface area contributed by atoms with Crippen LogP contribution in [0.5, 0.6) is 0 Å². The van der Waals surface area contributed by atoms with Gasteiger partial charge in [-0.05, 0) is 48.7 Å². The molecule has 1 atom stereocenters. The average Bonchev–Trinajstić information content (AvgIpc) is 3.25. The summed E-state index contributed by atoms with van der Waals surface area (Å²) in [6.45, 7) is 3.89. The Balaban J connectivity index is 1.71. The summed E-state index contributed by atoms with van der Waals surface area (Å²) in [5, 5.41) is 1.50. The Morgan fingerprint density at radius 1 is 1.00 bits per heavy atom. The van der Waals surface area contributed by atoms with Crippen LogP contribution in [0.25, 0.3) is 21.7 Å². The molecule has 0 amide bonds. The van der Waals surface area contributed by atoms with Gasteiger partial charge >= 0.3 is 0 Å². The summed E-state index contributed by atoms with van der Waals surface area (Å²) in [4.78, 5) is 16.4. The van der Waals surface area contributed by atoms with Gasteiger partial charge in [0.05, 0.1) is 16.3 Å². The Morgan fingerprint density at radius 3 is 2.25 bits per heavy atom. The minimum Gasteiger partial charge on any atom is -0.303 e. The van der Waals surface area contributed by atoms with Crippen molar-refractivity contribution < 1.29 is 9.28 Å². The third kappa shape index (κ3) is 4.90. The van der Waals surface area contributed by atoms with Gasteiger partial charge in [-0.2, -0.15) is 5.12 Å². The van der Waals surface area contributed by atoms with Crippen molar-refractivity contribution in [2.75, 3.05) is 5.12 Å². The van der Waals surface area contributed by atoms with Gasteiger partial charge in [0.25, 0.3) is 0 Å². The molecule has 0 spiro atoms. The molecule has 1 heterocycles. The van der Waals surface area contributed by atoms with Crippen LogP contribution in [0, 0.1) is 12.8 Å². The Morgan fingerprint density at radius 2 is 1.62 bits per heavy atom. The lowest BCUT2D eigenvalue weighted by Gasteiger charge is -2.11. The number of carbonyl (C=O) groups is 1. The summed E-state index contributed by atoms with van der Waals surface area (Å²) in [5.74, 6) is -0.0692. The lowest BCUT2D eigenvalue weighted by atomic mass is 10.0. The number of nitrogens with zero attached hydrogens (tertiary/aromatic N) is 2. The number of thiazole rings is 1. The number of aldehydes is 1. The highest BCUT2D eigenvalue weighted by molar-refractivity contribution is 7.19. The van der Waals surface area contributed by atoms with Gasteiger partial charge in [-0.15, -0.1) is 0 Å². The van der Waals surface area contributed by atoms with E-state index in [-0.39, 0.29) is 11.0 Å². The minimum absolute atomic E-state index is 0.0692. The number of aromatic nitrogens is 1. The van der Waals surface area contributed by atoms with Crippen molar-refractivity contribution in [2.45, 2.75) is 20.3 Å². The summed E-state index contributed by atoms with van der Waals surface area (Å²) in [5.41, 5.74) is 5.11. The first-order valence-electron chi connectivity index (χ1n) is 10.3. The smallest absolute Gasteiger partial charge is 0.220 e. The maximum absolute atomic E-state index is 15.4. The number of rotatable bonds is 7. The van der Waals surface area contributed by atoms with E-state index in [0.717, 1.165) is 39.1 Å². The number of aryl methyl sites for hydroxylation is 1. The Hall–Kier alpha value is -3.02. The van der Waals surface area contributed by atoms with E-state index >= 15 is 4.48 Å². The van der Waals surface area contributed by atoms with Crippen molar-refractivity contribution in [3.05, 3.63) is 88.9 Å². The maximum Gasteiger partial charge on any atom is 0.220 e. The van der Waals surface area contributed by atoms with Crippen LogP contribution in [0.4, 0.5) is 15.3 Å². The normalized spacial score (nSPS) is 11.9. The minimum atomic E-state index is -0.0692. The fourth-order valence-electron chi connectivity index (χ4n) is 3.39. The van der Waals surface area contributed by atoms with E-state index < -0.39 is 0 Å². The second-order valence-corrected chi connectivity index (χ2v) is 9.23. The zero-order valence-corrected chi connectivity index (χ0v) is 19.3. The molecule has 1 aromatic heterocycles. The average molecular weight is 465 g/mol. The van der Waals surface area contributed by atoms with Crippen molar-refractivity contribution in [2.24, 2.45) is 5.92 Å². The molecule has 4 aromatic rings. The van der Waals surface area contributed by atoms with Gasteiger partial charge in [-0.1, -0.05) is 88.4 Å². The van der Waals surface area contributed by atoms with Crippen LogP contribution in [-0.2, 0) is 11.2 Å². The molecule has 0 aliphatic carbocycles. The lowest BCUT2D eigenvalue weighted by molar-refractivity contribution is -0.110. The predicted molar refractivity (Wildman–Crippen MR) is 131 cm³/mol. The van der Waals surface area contributed by atoms with Gasteiger partial charge in [0, 0.05) is 16.5 Å². The van der Waals surface area contributed by atoms with Gasteiger partial charge in [-0.25, -0.2) is 4.98 Å². The van der Waals surface area contributed by atoms with E-state index in [2.05, 4.69) is 4.98 Å². The number of hydrogen-bond donors (Lipinski definition) is 0. The Kier molecular flexibility index (Phi) is 6.68. The molecule has 0 aliphatic rings. The van der Waals surface area contributed by atoms with Crippen LogP contribution >= 0.6 is 22.9 Å². The third-order valence-electron chi connectivity index (χ3n) is 5.17. The molecule has 0 N–H and O–H groups in total. The fourth-order valence-corrected chi connectivity index (χ4v) is 4.54. The molecule has 32 heavy (non-hydrogen) atoms. The Labute approximate surface area is 196 Å². The van der Waals surface area contributed by atoms with E-state index in [4.69, 9.17) is 11.6 Å². The molecule has 162 valence electrons. The van der Waals surface area contributed by atoms with Crippen LogP contribution < -0.4 is 5.12 Å². The highest BCUT2D eigenvalue weighted by atomic mass is 35.5. The predicted octanol–water partition coefficient (Wildman–Crippen LogP) is 7.84. The molecule has 0 aliphatic heterocycles. The summed E-state index contributed by atoms with van der Waals surface area (Å²) in [7, 11) is 0. The van der Waals surface area contributed by atoms with Crippen LogP contribution in [0.1, 0.15) is 18.1 Å². The molecule has 4 rings (SSSR count). The molecular weight excluding hydrogens is 443 g/mol. The third-order valence-corrected chi connectivity index (χ3v) is 6.49. The molecule has 6 heteroatoms. The van der Waals surface area contributed by atoms with Gasteiger partial charge in [0.1, 0.15) is 6.29 Å². The molecule has 0 saturated heterocycles. The molecule has 0 bridgehead atoms. The first kappa shape index (κ1) is 22.2. The lowest BCUT2D eigenvalue weighted by Crippen LogP contribution is -2.04. The molecule has 0 fully saturated rings. The van der Waals surface area contributed by atoms with Crippen LogP contribution in [0.2, 0.25) is 5.02 Å². The first-order chi connectivity index (χ1) is 15.4. The SMILES string of the molecule is Cc1ccc(-c2nc(N(F)c3ccc(CC(C)C=O)cc3)sc2-c2ccc(Cl)cc2)cc1.